The highest BCUT2D eigenvalue weighted by molar-refractivity contribution is 5.96. The van der Waals surface area contributed by atoms with Gasteiger partial charge in [-0.1, -0.05) is 42.3 Å². The Kier molecular flexibility index (Phi) is 7.55. The van der Waals surface area contributed by atoms with E-state index in [2.05, 4.69) is 16.6 Å². The van der Waals surface area contributed by atoms with Crippen molar-refractivity contribution in [1.29, 1.82) is 0 Å². The van der Waals surface area contributed by atoms with E-state index in [9.17, 15) is 14.4 Å². The van der Waals surface area contributed by atoms with E-state index in [1.54, 1.807) is 30.3 Å². The first-order valence-electron chi connectivity index (χ1n) is 8.59. The molecular formula is C22H21N3O3. The summed E-state index contributed by atoms with van der Waals surface area (Å²) >= 11 is 0. The molecule has 0 fully saturated rings. The second-order valence-electron chi connectivity index (χ2n) is 5.98. The zero-order chi connectivity index (χ0) is 20.4. The second kappa shape index (κ2) is 10.3. The predicted molar refractivity (Wildman–Crippen MR) is 109 cm³/mol. The third-order valence-electron chi connectivity index (χ3n) is 3.76. The molecule has 6 nitrogen and oxygen atoms in total. The Hall–Kier alpha value is -3.85. The zero-order valence-electron chi connectivity index (χ0n) is 15.5. The topological polar surface area (TPSA) is 78.5 Å². The van der Waals surface area contributed by atoms with Crippen molar-refractivity contribution in [2.45, 2.75) is 0 Å². The van der Waals surface area contributed by atoms with Gasteiger partial charge < -0.3 is 15.5 Å². The number of rotatable bonds is 7. The summed E-state index contributed by atoms with van der Waals surface area (Å²) in [4.78, 5) is 37.2. The monoisotopic (exact) mass is 375 g/mol. The van der Waals surface area contributed by atoms with Crippen LogP contribution >= 0.6 is 0 Å². The molecule has 2 rings (SSSR count). The van der Waals surface area contributed by atoms with Crippen molar-refractivity contribution in [1.82, 2.24) is 10.2 Å². The van der Waals surface area contributed by atoms with Crippen LogP contribution in [-0.2, 0) is 14.4 Å². The number of amides is 3. The molecule has 2 aromatic rings. The average Bonchev–Trinajstić information content (AvgIpc) is 2.71. The Balaban J connectivity index is 1.77. The van der Waals surface area contributed by atoms with Crippen LogP contribution in [0.5, 0.6) is 0 Å². The molecule has 0 radical (unpaired) electrons. The molecule has 0 atom stereocenters. The molecule has 28 heavy (non-hydrogen) atoms. The summed E-state index contributed by atoms with van der Waals surface area (Å²) in [6, 6.07) is 16.2. The Bertz CT molecular complexity index is 914. The average molecular weight is 375 g/mol. The molecule has 0 aliphatic carbocycles. The number of benzene rings is 2. The van der Waals surface area contributed by atoms with Gasteiger partial charge in [0.15, 0.2) is 0 Å². The molecule has 0 aliphatic heterocycles. The fraction of sp³-hybridized carbons (Fsp3) is 0.136. The summed E-state index contributed by atoms with van der Waals surface area (Å²) in [5, 5.41) is 5.18. The number of terminal acetylenes is 1. The van der Waals surface area contributed by atoms with E-state index < -0.39 is 0 Å². The van der Waals surface area contributed by atoms with Crippen molar-refractivity contribution in [3.05, 3.63) is 71.8 Å². The van der Waals surface area contributed by atoms with Crippen LogP contribution in [0, 0.1) is 12.3 Å². The molecular weight excluding hydrogens is 354 g/mol. The van der Waals surface area contributed by atoms with Gasteiger partial charge in [-0.05, 0) is 29.8 Å². The van der Waals surface area contributed by atoms with Gasteiger partial charge in [0.25, 0.3) is 0 Å². The quantitative estimate of drug-likeness (QED) is 0.573. The van der Waals surface area contributed by atoms with Crippen LogP contribution in [0.3, 0.4) is 0 Å². The van der Waals surface area contributed by atoms with Crippen LogP contribution in [0.15, 0.2) is 60.7 Å². The van der Waals surface area contributed by atoms with Gasteiger partial charge in [0, 0.05) is 24.4 Å². The number of nitrogens with zero attached hydrogens (tertiary/aromatic N) is 1. The molecule has 0 heterocycles. The van der Waals surface area contributed by atoms with Gasteiger partial charge in [0.05, 0.1) is 13.1 Å². The van der Waals surface area contributed by atoms with Crippen LogP contribution in [0.2, 0.25) is 0 Å². The van der Waals surface area contributed by atoms with Gasteiger partial charge >= 0.3 is 0 Å². The van der Waals surface area contributed by atoms with Crippen LogP contribution < -0.4 is 10.6 Å². The largest absolute Gasteiger partial charge is 0.343 e. The first-order chi connectivity index (χ1) is 13.5. The SMILES string of the molecule is C#Cc1cccc(NC(=O)CN(C)C(=O)CNC(=O)/C=C/c2ccccc2)c1. The van der Waals surface area contributed by atoms with Gasteiger partial charge in [-0.2, -0.15) is 0 Å². The van der Waals surface area contributed by atoms with Crippen LogP contribution in [0.4, 0.5) is 5.69 Å². The molecule has 2 N–H and O–H groups in total. The lowest BCUT2D eigenvalue weighted by Gasteiger charge is -2.17. The third-order valence-corrected chi connectivity index (χ3v) is 3.76. The molecule has 6 heteroatoms. The first kappa shape index (κ1) is 20.5. The fourth-order valence-electron chi connectivity index (χ4n) is 2.28. The van der Waals surface area contributed by atoms with E-state index in [1.165, 1.54) is 18.0 Å². The maximum atomic E-state index is 12.1. The normalized spacial score (nSPS) is 10.1. The molecule has 142 valence electrons. The lowest BCUT2D eigenvalue weighted by atomic mass is 10.2. The minimum absolute atomic E-state index is 0.144. The minimum Gasteiger partial charge on any atom is -0.343 e. The van der Waals surface area contributed by atoms with E-state index in [4.69, 9.17) is 6.42 Å². The molecule has 0 aliphatic rings. The standard InChI is InChI=1S/C22H21N3O3/c1-3-17-10-7-11-19(14-17)24-21(27)16-25(2)22(28)15-23-20(26)13-12-18-8-5-4-6-9-18/h1,4-14H,15-16H2,2H3,(H,23,26)(H,24,27)/b13-12+. The summed E-state index contributed by atoms with van der Waals surface area (Å²) < 4.78 is 0. The van der Waals surface area contributed by atoms with Crippen molar-refractivity contribution >= 4 is 29.5 Å². The Morgan fingerprint density at radius 1 is 1.11 bits per heavy atom. The van der Waals surface area contributed by atoms with Crippen LogP contribution in [-0.4, -0.2) is 42.8 Å². The highest BCUT2D eigenvalue weighted by atomic mass is 16.2. The third kappa shape index (κ3) is 6.81. The highest BCUT2D eigenvalue weighted by Crippen LogP contribution is 2.09. The van der Waals surface area contributed by atoms with Crippen LogP contribution in [0.25, 0.3) is 6.08 Å². The second-order valence-corrected chi connectivity index (χ2v) is 5.98. The fourth-order valence-corrected chi connectivity index (χ4v) is 2.28. The first-order valence-corrected chi connectivity index (χ1v) is 8.59. The van der Waals surface area contributed by atoms with Gasteiger partial charge in [-0.25, -0.2) is 0 Å². The Labute approximate surface area is 164 Å². The minimum atomic E-state index is -0.388. The summed E-state index contributed by atoms with van der Waals surface area (Å²) in [5.74, 6) is 1.36. The van der Waals surface area contributed by atoms with Crippen molar-refractivity contribution < 1.29 is 14.4 Å². The summed E-state index contributed by atoms with van der Waals surface area (Å²) in [5.41, 5.74) is 2.08. The lowest BCUT2D eigenvalue weighted by molar-refractivity contribution is -0.133. The number of hydrogen-bond acceptors (Lipinski definition) is 3. The summed E-state index contributed by atoms with van der Waals surface area (Å²) in [6.45, 7) is -0.344. The number of nitrogens with one attached hydrogen (secondary N) is 2. The molecule has 0 unspecified atom stereocenters. The van der Waals surface area contributed by atoms with Gasteiger partial charge in [0.1, 0.15) is 0 Å². The molecule has 0 bridgehead atoms. The van der Waals surface area contributed by atoms with Gasteiger partial charge in [0.2, 0.25) is 17.7 Å². The summed E-state index contributed by atoms with van der Waals surface area (Å²) in [6.07, 6.45) is 8.34. The van der Waals surface area contributed by atoms with E-state index >= 15 is 0 Å². The molecule has 0 saturated carbocycles. The zero-order valence-corrected chi connectivity index (χ0v) is 15.5. The molecule has 2 aromatic carbocycles. The molecule has 0 aromatic heterocycles. The predicted octanol–water partition coefficient (Wildman–Crippen LogP) is 1.89. The maximum Gasteiger partial charge on any atom is 0.244 e. The maximum absolute atomic E-state index is 12.1. The van der Waals surface area contributed by atoms with Crippen LogP contribution in [0.1, 0.15) is 11.1 Å². The van der Waals surface area contributed by atoms with Crippen molar-refractivity contribution in [2.24, 2.45) is 0 Å². The van der Waals surface area contributed by atoms with Crippen molar-refractivity contribution in [3.8, 4) is 12.3 Å². The summed E-state index contributed by atoms with van der Waals surface area (Å²) in [7, 11) is 1.49. The van der Waals surface area contributed by atoms with Crippen molar-refractivity contribution in [3.63, 3.8) is 0 Å². The van der Waals surface area contributed by atoms with Crippen molar-refractivity contribution in [2.75, 3.05) is 25.5 Å². The number of hydrogen-bond donors (Lipinski definition) is 2. The van der Waals surface area contributed by atoms with E-state index in [1.807, 2.05) is 30.3 Å². The smallest absolute Gasteiger partial charge is 0.244 e. The Morgan fingerprint density at radius 3 is 2.57 bits per heavy atom. The van der Waals surface area contributed by atoms with E-state index in [-0.39, 0.29) is 30.8 Å². The molecule has 3 amide bonds. The Morgan fingerprint density at radius 2 is 1.86 bits per heavy atom. The number of likely N-dealkylation sites (N-methyl/N-ethyl adjacent to an activating group) is 1. The van der Waals surface area contributed by atoms with E-state index in [0.29, 0.717) is 11.3 Å². The highest BCUT2D eigenvalue weighted by Gasteiger charge is 2.13. The molecule has 0 spiro atoms. The number of anilines is 1. The lowest BCUT2D eigenvalue weighted by Crippen LogP contribution is -2.41. The number of carbonyl (C=O) groups is 3. The number of carbonyl (C=O) groups excluding carboxylic acids is 3. The van der Waals surface area contributed by atoms with Gasteiger partial charge in [-0.3, -0.25) is 14.4 Å². The van der Waals surface area contributed by atoms with Gasteiger partial charge in [-0.15, -0.1) is 6.42 Å². The van der Waals surface area contributed by atoms with E-state index in [0.717, 1.165) is 5.56 Å². The molecule has 0 saturated heterocycles.